The first kappa shape index (κ1) is 13.1. The fourth-order valence-corrected chi connectivity index (χ4v) is 2.44. The van der Waals surface area contributed by atoms with E-state index in [1.807, 2.05) is 42.2 Å². The number of benzene rings is 1. The van der Waals surface area contributed by atoms with Gasteiger partial charge in [-0.2, -0.15) is 0 Å². The lowest BCUT2D eigenvalue weighted by Gasteiger charge is -2.26. The third-order valence-corrected chi connectivity index (χ3v) is 3.40. The summed E-state index contributed by atoms with van der Waals surface area (Å²) in [5, 5.41) is 0. The molecule has 2 rings (SSSR count). The highest BCUT2D eigenvalue weighted by Crippen LogP contribution is 2.21. The van der Waals surface area contributed by atoms with Crippen LogP contribution in [0.15, 0.2) is 30.3 Å². The van der Waals surface area contributed by atoms with E-state index in [0.29, 0.717) is 12.3 Å². The quantitative estimate of drug-likeness (QED) is 0.818. The molecule has 0 saturated carbocycles. The summed E-state index contributed by atoms with van der Waals surface area (Å²) >= 11 is 0. The largest absolute Gasteiger partial charge is 0.381 e. The van der Waals surface area contributed by atoms with Gasteiger partial charge < -0.3 is 9.64 Å². The number of carbonyl (C=O) groups excluding carboxylic acids is 1. The van der Waals surface area contributed by atoms with Crippen molar-refractivity contribution in [3.05, 3.63) is 30.3 Å². The third-order valence-electron chi connectivity index (χ3n) is 3.40. The topological polar surface area (TPSA) is 29.5 Å². The molecule has 1 aliphatic heterocycles. The van der Waals surface area contributed by atoms with Crippen molar-refractivity contribution in [3.8, 4) is 0 Å². The lowest BCUT2D eigenvalue weighted by Crippen LogP contribution is -2.33. The van der Waals surface area contributed by atoms with E-state index in [0.717, 1.165) is 38.3 Å². The van der Waals surface area contributed by atoms with E-state index in [4.69, 9.17) is 4.74 Å². The van der Waals surface area contributed by atoms with Gasteiger partial charge in [0.15, 0.2) is 0 Å². The van der Waals surface area contributed by atoms with Gasteiger partial charge in [0, 0.05) is 31.9 Å². The summed E-state index contributed by atoms with van der Waals surface area (Å²) in [6.45, 7) is 4.32. The summed E-state index contributed by atoms with van der Waals surface area (Å²) in [4.78, 5) is 14.2. The van der Waals surface area contributed by atoms with Crippen LogP contribution in [0.1, 0.15) is 26.2 Å². The molecule has 0 bridgehead atoms. The molecule has 3 heteroatoms. The highest BCUT2D eigenvalue weighted by Gasteiger charge is 2.21. The van der Waals surface area contributed by atoms with Gasteiger partial charge in [0.05, 0.1) is 0 Å². The minimum Gasteiger partial charge on any atom is -0.381 e. The van der Waals surface area contributed by atoms with Gasteiger partial charge in [0.25, 0.3) is 0 Å². The van der Waals surface area contributed by atoms with Crippen LogP contribution >= 0.6 is 0 Å². The molecule has 1 aromatic carbocycles. The Kier molecular flexibility index (Phi) is 4.76. The fraction of sp³-hybridized carbons (Fsp3) is 0.533. The Morgan fingerprint density at radius 2 is 2.17 bits per heavy atom. The predicted molar refractivity (Wildman–Crippen MR) is 72.6 cm³/mol. The van der Waals surface area contributed by atoms with Gasteiger partial charge >= 0.3 is 0 Å². The van der Waals surface area contributed by atoms with Gasteiger partial charge in [0.2, 0.25) is 5.91 Å². The van der Waals surface area contributed by atoms with Crippen molar-refractivity contribution in [2.75, 3.05) is 24.7 Å². The first-order valence-electron chi connectivity index (χ1n) is 6.74. The van der Waals surface area contributed by atoms with Crippen molar-refractivity contribution < 1.29 is 9.53 Å². The summed E-state index contributed by atoms with van der Waals surface area (Å²) in [7, 11) is 0. The molecule has 0 aromatic heterocycles. The minimum atomic E-state index is 0.208. The van der Waals surface area contributed by atoms with Gasteiger partial charge in [-0.25, -0.2) is 0 Å². The van der Waals surface area contributed by atoms with Gasteiger partial charge in [-0.15, -0.1) is 0 Å². The van der Waals surface area contributed by atoms with Crippen LogP contribution in [0.4, 0.5) is 5.69 Å². The highest BCUT2D eigenvalue weighted by molar-refractivity contribution is 5.93. The van der Waals surface area contributed by atoms with Crippen molar-refractivity contribution in [1.82, 2.24) is 0 Å². The zero-order valence-corrected chi connectivity index (χ0v) is 11.0. The molecular formula is C15H21NO2. The number of amides is 1. The standard InChI is InChI=1S/C15H21NO2/c1-2-16(14-8-4-3-5-9-14)15(17)11-13-7-6-10-18-12-13/h3-5,8-9,13H,2,6-7,10-12H2,1H3. The number of nitrogens with zero attached hydrogens (tertiary/aromatic N) is 1. The number of anilines is 1. The minimum absolute atomic E-state index is 0.208. The molecule has 1 aromatic rings. The fourth-order valence-electron chi connectivity index (χ4n) is 2.44. The number of hydrogen-bond donors (Lipinski definition) is 0. The number of carbonyl (C=O) groups is 1. The maximum Gasteiger partial charge on any atom is 0.227 e. The Bertz CT molecular complexity index is 371. The second-order valence-corrected chi connectivity index (χ2v) is 4.76. The summed E-state index contributed by atoms with van der Waals surface area (Å²) in [6.07, 6.45) is 2.79. The van der Waals surface area contributed by atoms with Crippen molar-refractivity contribution in [2.24, 2.45) is 5.92 Å². The molecule has 0 radical (unpaired) electrons. The first-order chi connectivity index (χ1) is 8.81. The molecule has 18 heavy (non-hydrogen) atoms. The monoisotopic (exact) mass is 247 g/mol. The second-order valence-electron chi connectivity index (χ2n) is 4.76. The Labute approximate surface area is 109 Å². The van der Waals surface area contributed by atoms with E-state index >= 15 is 0 Å². The maximum absolute atomic E-state index is 12.3. The van der Waals surface area contributed by atoms with Crippen molar-refractivity contribution in [2.45, 2.75) is 26.2 Å². The Morgan fingerprint density at radius 3 is 2.78 bits per heavy atom. The van der Waals surface area contributed by atoms with Crippen LogP contribution in [0, 0.1) is 5.92 Å². The third kappa shape index (κ3) is 3.33. The van der Waals surface area contributed by atoms with Crippen LogP contribution in [0.25, 0.3) is 0 Å². The molecule has 3 nitrogen and oxygen atoms in total. The van der Waals surface area contributed by atoms with Crippen molar-refractivity contribution in [3.63, 3.8) is 0 Å². The van der Waals surface area contributed by atoms with Gasteiger partial charge in [0.1, 0.15) is 0 Å². The molecule has 98 valence electrons. The van der Waals surface area contributed by atoms with E-state index in [1.54, 1.807) is 0 Å². The Balaban J connectivity index is 1.97. The van der Waals surface area contributed by atoms with Crippen LogP contribution < -0.4 is 4.90 Å². The highest BCUT2D eigenvalue weighted by atomic mass is 16.5. The average Bonchev–Trinajstić information content (AvgIpc) is 2.42. The smallest absolute Gasteiger partial charge is 0.227 e. The first-order valence-corrected chi connectivity index (χ1v) is 6.74. The molecule has 1 aliphatic rings. The van der Waals surface area contributed by atoms with Crippen LogP contribution in [0.3, 0.4) is 0 Å². The molecule has 1 amide bonds. The van der Waals surface area contributed by atoms with E-state index in [9.17, 15) is 4.79 Å². The predicted octanol–water partition coefficient (Wildman–Crippen LogP) is 2.86. The SMILES string of the molecule is CCN(C(=O)CC1CCCOC1)c1ccccc1. The summed E-state index contributed by atoms with van der Waals surface area (Å²) in [6, 6.07) is 9.87. The molecule has 1 saturated heterocycles. The molecule has 1 unspecified atom stereocenters. The van der Waals surface area contributed by atoms with Crippen molar-refractivity contribution >= 4 is 11.6 Å². The van der Waals surface area contributed by atoms with Gasteiger partial charge in [-0.3, -0.25) is 4.79 Å². The molecule has 0 aliphatic carbocycles. The molecule has 1 atom stereocenters. The van der Waals surface area contributed by atoms with Gasteiger partial charge in [-0.05, 0) is 37.8 Å². The summed E-state index contributed by atoms with van der Waals surface area (Å²) < 4.78 is 5.43. The Morgan fingerprint density at radius 1 is 1.39 bits per heavy atom. The lowest BCUT2D eigenvalue weighted by molar-refractivity contribution is -0.120. The van der Waals surface area contributed by atoms with Crippen LogP contribution in [0.5, 0.6) is 0 Å². The van der Waals surface area contributed by atoms with E-state index in [2.05, 4.69) is 0 Å². The average molecular weight is 247 g/mol. The normalized spacial score (nSPS) is 19.5. The molecular weight excluding hydrogens is 226 g/mol. The zero-order chi connectivity index (χ0) is 12.8. The van der Waals surface area contributed by atoms with E-state index in [-0.39, 0.29) is 5.91 Å². The van der Waals surface area contributed by atoms with Crippen LogP contribution in [-0.2, 0) is 9.53 Å². The molecule has 0 spiro atoms. The summed E-state index contributed by atoms with van der Waals surface area (Å²) in [5.41, 5.74) is 0.988. The van der Waals surface area contributed by atoms with E-state index in [1.165, 1.54) is 0 Å². The second kappa shape index (κ2) is 6.55. The van der Waals surface area contributed by atoms with Crippen molar-refractivity contribution in [1.29, 1.82) is 0 Å². The molecule has 0 N–H and O–H groups in total. The maximum atomic E-state index is 12.3. The van der Waals surface area contributed by atoms with Gasteiger partial charge in [-0.1, -0.05) is 18.2 Å². The Hall–Kier alpha value is -1.35. The van der Waals surface area contributed by atoms with Crippen LogP contribution in [0.2, 0.25) is 0 Å². The number of para-hydroxylation sites is 1. The lowest BCUT2D eigenvalue weighted by atomic mass is 9.98. The number of hydrogen-bond acceptors (Lipinski definition) is 2. The number of rotatable bonds is 4. The summed E-state index contributed by atoms with van der Waals surface area (Å²) in [5.74, 6) is 0.600. The zero-order valence-electron chi connectivity index (χ0n) is 11.0. The van der Waals surface area contributed by atoms with Crippen LogP contribution in [-0.4, -0.2) is 25.7 Å². The number of ether oxygens (including phenoxy) is 1. The molecule has 1 fully saturated rings. The van der Waals surface area contributed by atoms with E-state index < -0.39 is 0 Å². The molecule has 1 heterocycles.